The third-order valence-corrected chi connectivity index (χ3v) is 4.01. The summed E-state index contributed by atoms with van der Waals surface area (Å²) in [6.45, 7) is 2.99. The monoisotopic (exact) mass is 297 g/mol. The first-order valence-corrected chi connectivity index (χ1v) is 6.77. The molecule has 0 aliphatic carbocycles. The molecular weight excluding hydrogens is 286 g/mol. The van der Waals surface area contributed by atoms with Gasteiger partial charge in [0.25, 0.3) is 0 Å². The minimum absolute atomic E-state index is 0.133. The molecule has 0 aliphatic rings. The lowest BCUT2D eigenvalue weighted by Crippen LogP contribution is -2.22. The van der Waals surface area contributed by atoms with Crippen molar-refractivity contribution >= 4 is 27.3 Å². The lowest BCUT2D eigenvalue weighted by Gasteiger charge is -2.16. The van der Waals surface area contributed by atoms with Gasteiger partial charge in [-0.15, -0.1) is 0 Å². The molecule has 5 heteroatoms. The van der Waals surface area contributed by atoms with Gasteiger partial charge in [0.05, 0.1) is 11.7 Å². The number of halogens is 1. The third kappa shape index (κ3) is 2.48. The Labute approximate surface area is 107 Å². The van der Waals surface area contributed by atoms with Gasteiger partial charge in [0.2, 0.25) is 0 Å². The third-order valence-electron chi connectivity index (χ3n) is 2.26. The first-order chi connectivity index (χ1) is 7.83. The highest BCUT2D eigenvalue weighted by molar-refractivity contribution is 9.10. The summed E-state index contributed by atoms with van der Waals surface area (Å²) in [5.74, 6) is 0. The molecule has 0 radical (unpaired) electrons. The minimum Gasteiger partial charge on any atom is -0.305 e. The molecule has 2 aromatic rings. The zero-order valence-corrected chi connectivity index (χ0v) is 11.3. The summed E-state index contributed by atoms with van der Waals surface area (Å²) in [7, 11) is 0. The summed E-state index contributed by atoms with van der Waals surface area (Å²) in [4.78, 5) is 8.25. The van der Waals surface area contributed by atoms with Crippen molar-refractivity contribution in [2.24, 2.45) is 0 Å². The van der Waals surface area contributed by atoms with Gasteiger partial charge in [0.1, 0.15) is 6.33 Å². The average molecular weight is 298 g/mol. The Balaban J connectivity index is 2.35. The number of hydrogen-bond acceptors (Lipinski definition) is 4. The summed E-state index contributed by atoms with van der Waals surface area (Å²) in [5, 5.41) is 7.65. The van der Waals surface area contributed by atoms with Gasteiger partial charge in [-0.25, -0.2) is 9.97 Å². The molecule has 0 spiro atoms. The largest absolute Gasteiger partial charge is 0.305 e. The lowest BCUT2D eigenvalue weighted by atomic mass is 10.1. The SMILES string of the molecule is CCNC(c1ccncn1)c1cscc1Br. The van der Waals surface area contributed by atoms with E-state index < -0.39 is 0 Å². The van der Waals surface area contributed by atoms with Crippen molar-refractivity contribution in [3.63, 3.8) is 0 Å². The van der Waals surface area contributed by atoms with Crippen LogP contribution in [0.2, 0.25) is 0 Å². The van der Waals surface area contributed by atoms with Crippen molar-refractivity contribution in [2.45, 2.75) is 13.0 Å². The van der Waals surface area contributed by atoms with Crippen LogP contribution in [0.3, 0.4) is 0 Å². The second-order valence-electron chi connectivity index (χ2n) is 3.30. The number of thiophene rings is 1. The van der Waals surface area contributed by atoms with Crippen LogP contribution in [0.15, 0.2) is 33.8 Å². The molecule has 0 aliphatic heterocycles. The van der Waals surface area contributed by atoms with Crippen LogP contribution in [-0.2, 0) is 0 Å². The van der Waals surface area contributed by atoms with Gasteiger partial charge >= 0.3 is 0 Å². The zero-order valence-electron chi connectivity index (χ0n) is 8.85. The second kappa shape index (κ2) is 5.52. The Morgan fingerprint density at radius 2 is 2.38 bits per heavy atom. The molecule has 0 amide bonds. The number of hydrogen-bond donors (Lipinski definition) is 1. The van der Waals surface area contributed by atoms with Crippen molar-refractivity contribution in [2.75, 3.05) is 6.54 Å². The van der Waals surface area contributed by atoms with E-state index in [0.717, 1.165) is 16.7 Å². The fourth-order valence-electron chi connectivity index (χ4n) is 1.55. The quantitative estimate of drug-likeness (QED) is 0.943. The van der Waals surface area contributed by atoms with E-state index in [1.807, 2.05) is 6.07 Å². The normalized spacial score (nSPS) is 12.6. The molecule has 84 valence electrons. The van der Waals surface area contributed by atoms with E-state index in [2.05, 4.69) is 48.9 Å². The summed E-state index contributed by atoms with van der Waals surface area (Å²) in [6.07, 6.45) is 3.35. The summed E-state index contributed by atoms with van der Waals surface area (Å²) in [5.41, 5.74) is 2.22. The maximum Gasteiger partial charge on any atom is 0.115 e. The summed E-state index contributed by atoms with van der Waals surface area (Å²) in [6, 6.07) is 2.07. The molecule has 2 aromatic heterocycles. The minimum atomic E-state index is 0.133. The van der Waals surface area contributed by atoms with Crippen molar-refractivity contribution in [3.05, 3.63) is 45.1 Å². The number of nitrogens with one attached hydrogen (secondary N) is 1. The predicted octanol–water partition coefficient (Wildman–Crippen LogP) is 3.00. The molecule has 2 rings (SSSR count). The van der Waals surface area contributed by atoms with Crippen LogP contribution in [0, 0.1) is 0 Å². The van der Waals surface area contributed by atoms with E-state index in [1.54, 1.807) is 23.9 Å². The van der Waals surface area contributed by atoms with E-state index in [0.29, 0.717) is 0 Å². The van der Waals surface area contributed by atoms with Crippen LogP contribution in [0.1, 0.15) is 24.2 Å². The van der Waals surface area contributed by atoms with Gasteiger partial charge in [0.15, 0.2) is 0 Å². The van der Waals surface area contributed by atoms with Crippen molar-refractivity contribution in [1.82, 2.24) is 15.3 Å². The maximum atomic E-state index is 4.30. The number of aromatic nitrogens is 2. The fraction of sp³-hybridized carbons (Fsp3) is 0.273. The molecule has 2 heterocycles. The number of rotatable bonds is 4. The Kier molecular flexibility index (Phi) is 4.04. The van der Waals surface area contributed by atoms with E-state index in [1.165, 1.54) is 5.56 Å². The molecule has 0 saturated heterocycles. The van der Waals surface area contributed by atoms with Crippen LogP contribution >= 0.6 is 27.3 Å². The van der Waals surface area contributed by atoms with E-state index in [4.69, 9.17) is 0 Å². The standard InChI is InChI=1S/C11H12BrN3S/c1-2-14-11(8-5-16-6-9(8)12)10-3-4-13-7-15-10/h3-7,11,14H,2H2,1H3. The molecule has 0 bridgehead atoms. The molecule has 0 aromatic carbocycles. The molecule has 1 atom stereocenters. The van der Waals surface area contributed by atoms with Gasteiger partial charge in [-0.3, -0.25) is 0 Å². The first kappa shape index (κ1) is 11.7. The Hall–Kier alpha value is -0.780. The lowest BCUT2D eigenvalue weighted by molar-refractivity contribution is 0.613. The highest BCUT2D eigenvalue weighted by atomic mass is 79.9. The van der Waals surface area contributed by atoms with Crippen LogP contribution in [-0.4, -0.2) is 16.5 Å². The second-order valence-corrected chi connectivity index (χ2v) is 4.90. The van der Waals surface area contributed by atoms with Gasteiger partial charge in [-0.2, -0.15) is 11.3 Å². The Bertz CT molecular complexity index is 444. The van der Waals surface area contributed by atoms with E-state index in [-0.39, 0.29) is 6.04 Å². The molecule has 16 heavy (non-hydrogen) atoms. The van der Waals surface area contributed by atoms with Crippen molar-refractivity contribution in [3.8, 4) is 0 Å². The van der Waals surface area contributed by atoms with E-state index in [9.17, 15) is 0 Å². The van der Waals surface area contributed by atoms with Crippen LogP contribution in [0.4, 0.5) is 0 Å². The molecule has 0 fully saturated rings. The molecule has 1 unspecified atom stereocenters. The number of nitrogens with zero attached hydrogens (tertiary/aromatic N) is 2. The molecular formula is C11H12BrN3S. The first-order valence-electron chi connectivity index (χ1n) is 5.03. The molecule has 3 nitrogen and oxygen atoms in total. The van der Waals surface area contributed by atoms with Gasteiger partial charge in [0, 0.05) is 16.0 Å². The Morgan fingerprint density at radius 1 is 1.50 bits per heavy atom. The smallest absolute Gasteiger partial charge is 0.115 e. The fourth-order valence-corrected chi connectivity index (χ4v) is 3.10. The zero-order chi connectivity index (χ0) is 11.4. The topological polar surface area (TPSA) is 37.8 Å². The van der Waals surface area contributed by atoms with Crippen LogP contribution in [0.25, 0.3) is 0 Å². The predicted molar refractivity (Wildman–Crippen MR) is 69.6 cm³/mol. The highest BCUT2D eigenvalue weighted by Gasteiger charge is 2.17. The average Bonchev–Trinajstić information content (AvgIpc) is 2.73. The highest BCUT2D eigenvalue weighted by Crippen LogP contribution is 2.30. The molecule has 1 N–H and O–H groups in total. The summed E-state index contributed by atoms with van der Waals surface area (Å²) < 4.78 is 1.13. The summed E-state index contributed by atoms with van der Waals surface area (Å²) >= 11 is 5.25. The van der Waals surface area contributed by atoms with E-state index >= 15 is 0 Å². The van der Waals surface area contributed by atoms with Crippen LogP contribution in [0.5, 0.6) is 0 Å². The van der Waals surface area contributed by atoms with Crippen molar-refractivity contribution < 1.29 is 0 Å². The van der Waals surface area contributed by atoms with Gasteiger partial charge in [-0.1, -0.05) is 6.92 Å². The molecule has 0 saturated carbocycles. The Morgan fingerprint density at radius 3 is 2.94 bits per heavy atom. The maximum absolute atomic E-state index is 4.30. The van der Waals surface area contributed by atoms with Crippen molar-refractivity contribution in [1.29, 1.82) is 0 Å². The van der Waals surface area contributed by atoms with Crippen LogP contribution < -0.4 is 5.32 Å². The van der Waals surface area contributed by atoms with Gasteiger partial charge < -0.3 is 5.32 Å². The van der Waals surface area contributed by atoms with Gasteiger partial charge in [-0.05, 0) is 39.5 Å².